The number of aliphatic hydroxyl groups is 1. The number of methoxy groups -OCH3 is 1. The lowest BCUT2D eigenvalue weighted by Crippen LogP contribution is -2.45. The molecule has 1 unspecified atom stereocenters. The first-order chi connectivity index (χ1) is 7.23. The molecule has 84 valence electrons. The predicted octanol–water partition coefficient (Wildman–Crippen LogP) is -0.0799. The summed E-state index contributed by atoms with van der Waals surface area (Å²) in [7, 11) is 1.64. The van der Waals surface area contributed by atoms with Gasteiger partial charge in [0, 0.05) is 26.0 Å². The number of aliphatic hydroxyl groups excluding tert-OH is 1. The van der Waals surface area contributed by atoms with E-state index in [9.17, 15) is 5.11 Å². The minimum atomic E-state index is -0.563. The Labute approximate surface area is 89.5 Å². The molecule has 0 aliphatic rings. The Kier molecular flexibility index (Phi) is 4.61. The Hall–Kier alpha value is -1.04. The summed E-state index contributed by atoms with van der Waals surface area (Å²) in [6.07, 6.45) is 4.87. The number of hydrogen-bond donors (Lipinski definition) is 2. The van der Waals surface area contributed by atoms with Crippen molar-refractivity contribution >= 4 is 0 Å². The summed E-state index contributed by atoms with van der Waals surface area (Å²) in [6.45, 7) is 3.10. The molecule has 0 fully saturated rings. The molecule has 0 saturated heterocycles. The smallest absolute Gasteiger partial charge is 0.0830 e. The van der Waals surface area contributed by atoms with E-state index in [-0.39, 0.29) is 6.61 Å². The van der Waals surface area contributed by atoms with Gasteiger partial charge in [-0.3, -0.25) is 9.97 Å². The number of hydrogen-bond acceptors (Lipinski definition) is 5. The molecule has 1 aromatic rings. The van der Waals surface area contributed by atoms with Gasteiger partial charge in [-0.25, -0.2) is 0 Å². The average molecular weight is 211 g/mol. The van der Waals surface area contributed by atoms with Crippen molar-refractivity contribution in [1.29, 1.82) is 0 Å². The SMILES string of the molecule is COCCNC(C)(CO)c1cnccn1. The third-order valence-corrected chi connectivity index (χ3v) is 2.27. The van der Waals surface area contributed by atoms with Gasteiger partial charge < -0.3 is 15.2 Å². The number of nitrogens with one attached hydrogen (secondary N) is 1. The highest BCUT2D eigenvalue weighted by Gasteiger charge is 2.26. The quantitative estimate of drug-likeness (QED) is 0.644. The van der Waals surface area contributed by atoms with E-state index in [1.54, 1.807) is 25.7 Å². The van der Waals surface area contributed by atoms with Gasteiger partial charge in [0.2, 0.25) is 0 Å². The summed E-state index contributed by atoms with van der Waals surface area (Å²) in [4.78, 5) is 8.16. The van der Waals surface area contributed by atoms with Crippen LogP contribution in [-0.4, -0.2) is 41.9 Å². The van der Waals surface area contributed by atoms with Gasteiger partial charge in [-0.05, 0) is 6.92 Å². The first kappa shape index (κ1) is 12.0. The molecule has 0 saturated carbocycles. The second-order valence-electron chi connectivity index (χ2n) is 3.50. The summed E-state index contributed by atoms with van der Waals surface area (Å²) < 4.78 is 4.94. The minimum Gasteiger partial charge on any atom is -0.394 e. The van der Waals surface area contributed by atoms with E-state index in [0.29, 0.717) is 13.2 Å². The molecule has 0 bridgehead atoms. The van der Waals surface area contributed by atoms with E-state index >= 15 is 0 Å². The highest BCUT2D eigenvalue weighted by molar-refractivity contribution is 5.10. The third kappa shape index (κ3) is 3.23. The maximum absolute atomic E-state index is 9.37. The molecule has 0 aromatic carbocycles. The van der Waals surface area contributed by atoms with Crippen molar-refractivity contribution in [3.8, 4) is 0 Å². The molecule has 0 aliphatic carbocycles. The molecule has 1 heterocycles. The van der Waals surface area contributed by atoms with Crippen LogP contribution < -0.4 is 5.32 Å². The molecule has 1 aromatic heterocycles. The largest absolute Gasteiger partial charge is 0.394 e. The van der Waals surface area contributed by atoms with Gasteiger partial charge in [0.25, 0.3) is 0 Å². The van der Waals surface area contributed by atoms with Crippen molar-refractivity contribution in [1.82, 2.24) is 15.3 Å². The van der Waals surface area contributed by atoms with Crippen molar-refractivity contribution in [2.75, 3.05) is 26.9 Å². The first-order valence-corrected chi connectivity index (χ1v) is 4.84. The van der Waals surface area contributed by atoms with Crippen LogP contribution in [0, 0.1) is 0 Å². The van der Waals surface area contributed by atoms with Gasteiger partial charge >= 0.3 is 0 Å². The zero-order valence-electron chi connectivity index (χ0n) is 9.10. The van der Waals surface area contributed by atoms with Crippen molar-refractivity contribution in [2.45, 2.75) is 12.5 Å². The minimum absolute atomic E-state index is 0.0323. The van der Waals surface area contributed by atoms with Gasteiger partial charge in [0.1, 0.15) is 0 Å². The molecule has 0 spiro atoms. The highest BCUT2D eigenvalue weighted by Crippen LogP contribution is 2.15. The van der Waals surface area contributed by atoms with Gasteiger partial charge in [0.15, 0.2) is 0 Å². The number of rotatable bonds is 6. The van der Waals surface area contributed by atoms with Crippen LogP contribution in [0.3, 0.4) is 0 Å². The molecule has 15 heavy (non-hydrogen) atoms. The van der Waals surface area contributed by atoms with Crippen molar-refractivity contribution < 1.29 is 9.84 Å². The van der Waals surface area contributed by atoms with Gasteiger partial charge in [-0.15, -0.1) is 0 Å². The Morgan fingerprint density at radius 2 is 2.33 bits per heavy atom. The molecule has 0 aliphatic heterocycles. The van der Waals surface area contributed by atoms with Crippen LogP contribution >= 0.6 is 0 Å². The van der Waals surface area contributed by atoms with E-state index < -0.39 is 5.54 Å². The van der Waals surface area contributed by atoms with Crippen LogP contribution in [0.2, 0.25) is 0 Å². The lowest BCUT2D eigenvalue weighted by atomic mass is 9.99. The second-order valence-corrected chi connectivity index (χ2v) is 3.50. The molecule has 0 radical (unpaired) electrons. The zero-order chi connectivity index (χ0) is 11.1. The fraction of sp³-hybridized carbons (Fsp3) is 0.600. The van der Waals surface area contributed by atoms with E-state index in [1.165, 1.54) is 0 Å². The lowest BCUT2D eigenvalue weighted by Gasteiger charge is -2.27. The molecule has 5 heteroatoms. The number of ether oxygens (including phenoxy) is 1. The first-order valence-electron chi connectivity index (χ1n) is 4.84. The monoisotopic (exact) mass is 211 g/mol. The number of nitrogens with zero attached hydrogens (tertiary/aromatic N) is 2. The summed E-state index contributed by atoms with van der Waals surface area (Å²) in [5, 5.41) is 12.6. The Morgan fingerprint density at radius 1 is 1.53 bits per heavy atom. The van der Waals surface area contributed by atoms with Gasteiger partial charge in [-0.2, -0.15) is 0 Å². The highest BCUT2D eigenvalue weighted by atomic mass is 16.5. The lowest BCUT2D eigenvalue weighted by molar-refractivity contribution is 0.145. The molecule has 2 N–H and O–H groups in total. The van der Waals surface area contributed by atoms with Crippen molar-refractivity contribution in [2.24, 2.45) is 0 Å². The van der Waals surface area contributed by atoms with Crippen LogP contribution in [0.1, 0.15) is 12.6 Å². The summed E-state index contributed by atoms with van der Waals surface area (Å²) >= 11 is 0. The topological polar surface area (TPSA) is 67.3 Å². The number of aromatic nitrogens is 2. The Balaban J connectivity index is 2.67. The second kappa shape index (κ2) is 5.75. The van der Waals surface area contributed by atoms with Crippen LogP contribution in [0.5, 0.6) is 0 Å². The summed E-state index contributed by atoms with van der Waals surface area (Å²) in [5.41, 5.74) is 0.163. The molecule has 0 amide bonds. The molecule has 5 nitrogen and oxygen atoms in total. The summed E-state index contributed by atoms with van der Waals surface area (Å²) in [5.74, 6) is 0. The molecule has 1 atom stereocenters. The normalized spacial score (nSPS) is 14.9. The van der Waals surface area contributed by atoms with Crippen LogP contribution in [0.25, 0.3) is 0 Å². The summed E-state index contributed by atoms with van der Waals surface area (Å²) in [6, 6.07) is 0. The standard InChI is InChI=1S/C10H17N3O2/c1-10(8-14,13-5-6-15-2)9-7-11-3-4-12-9/h3-4,7,13-14H,5-6,8H2,1-2H3. The van der Waals surface area contributed by atoms with Crippen LogP contribution in [0.4, 0.5) is 0 Å². The van der Waals surface area contributed by atoms with E-state index in [1.807, 2.05) is 6.92 Å². The molecular weight excluding hydrogens is 194 g/mol. The zero-order valence-corrected chi connectivity index (χ0v) is 9.10. The van der Waals surface area contributed by atoms with Gasteiger partial charge in [-0.1, -0.05) is 0 Å². The van der Waals surface area contributed by atoms with E-state index in [4.69, 9.17) is 4.74 Å². The van der Waals surface area contributed by atoms with Gasteiger partial charge in [0.05, 0.1) is 30.6 Å². The Morgan fingerprint density at radius 3 is 2.87 bits per heavy atom. The Bertz CT molecular complexity index is 281. The van der Waals surface area contributed by atoms with Crippen molar-refractivity contribution in [3.63, 3.8) is 0 Å². The van der Waals surface area contributed by atoms with E-state index in [2.05, 4.69) is 15.3 Å². The fourth-order valence-electron chi connectivity index (χ4n) is 1.24. The molecule has 1 rings (SSSR count). The van der Waals surface area contributed by atoms with Crippen LogP contribution in [-0.2, 0) is 10.3 Å². The van der Waals surface area contributed by atoms with Crippen LogP contribution in [0.15, 0.2) is 18.6 Å². The van der Waals surface area contributed by atoms with E-state index in [0.717, 1.165) is 5.69 Å². The maximum atomic E-state index is 9.37. The van der Waals surface area contributed by atoms with Crippen molar-refractivity contribution in [3.05, 3.63) is 24.3 Å². The maximum Gasteiger partial charge on any atom is 0.0830 e. The fourth-order valence-corrected chi connectivity index (χ4v) is 1.24. The average Bonchev–Trinajstić information content (AvgIpc) is 2.30. The predicted molar refractivity (Wildman–Crippen MR) is 56.3 cm³/mol. The molecular formula is C10H17N3O2. The third-order valence-electron chi connectivity index (χ3n) is 2.27.